The first-order valence-corrected chi connectivity index (χ1v) is 43.5. The Morgan fingerprint density at radius 3 is 0.784 bits per heavy atom. The highest BCUT2D eigenvalue weighted by atomic mass is 31.2. The lowest BCUT2D eigenvalue weighted by Gasteiger charge is -2.21. The van der Waals surface area contributed by atoms with Crippen LogP contribution >= 0.6 is 15.6 Å². The van der Waals surface area contributed by atoms with E-state index in [1.165, 1.54) is 225 Å². The molecule has 3 N–H and O–H groups in total. The molecule has 0 amide bonds. The maximum absolute atomic E-state index is 13.1. The Hall–Kier alpha value is -1.94. The zero-order chi connectivity index (χ0) is 71.4. The molecule has 19 heteroatoms. The fourth-order valence-electron chi connectivity index (χ4n) is 12.0. The van der Waals surface area contributed by atoms with E-state index < -0.39 is 97.5 Å². The van der Waals surface area contributed by atoms with E-state index in [-0.39, 0.29) is 25.7 Å². The van der Waals surface area contributed by atoms with Gasteiger partial charge in [-0.15, -0.1) is 0 Å². The maximum atomic E-state index is 13.1. The molecule has 0 aliphatic rings. The van der Waals surface area contributed by atoms with Crippen molar-refractivity contribution < 1.29 is 80.2 Å². The van der Waals surface area contributed by atoms with Crippen LogP contribution in [0.3, 0.4) is 0 Å². The Labute approximate surface area is 594 Å². The second-order valence-electron chi connectivity index (χ2n) is 28.8. The van der Waals surface area contributed by atoms with E-state index in [2.05, 4.69) is 41.5 Å². The standard InChI is InChI=1S/C78H152O17P2/c1-7-10-12-14-16-18-19-20-28-31-37-43-49-55-61-76(81)89-67-74(94-77(82)62-56-50-44-38-32-29-26-24-22-21-23-25-27-30-36-41-47-53-59-71(6)9-3)69-93-97(86,87)91-65-72(79)64-90-96(84,85)92-68-73(66-88-75(80)60-54-48-42-34-17-15-13-11-8-2)95-78(83)63-57-51-45-39-33-35-40-46-52-58-70(4)5/h70-74,79H,7-69H2,1-6H3,(H,84,85)(H,86,87)/t71?,72-,73+,74+/m0/s1. The molecule has 17 nitrogen and oxygen atoms in total. The van der Waals surface area contributed by atoms with Crippen LogP contribution in [-0.4, -0.2) is 96.7 Å². The minimum atomic E-state index is -4.96. The molecule has 0 aromatic carbocycles. The van der Waals surface area contributed by atoms with Gasteiger partial charge in [-0.25, -0.2) is 9.13 Å². The van der Waals surface area contributed by atoms with Crippen LogP contribution in [0.2, 0.25) is 0 Å². The zero-order valence-electron chi connectivity index (χ0n) is 63.4. The first kappa shape index (κ1) is 95.1. The predicted molar refractivity (Wildman–Crippen MR) is 395 cm³/mol. The molecular formula is C78H152O17P2. The average Bonchev–Trinajstić information content (AvgIpc) is 1.14. The van der Waals surface area contributed by atoms with Gasteiger partial charge < -0.3 is 33.8 Å². The van der Waals surface area contributed by atoms with E-state index in [9.17, 15) is 43.2 Å². The van der Waals surface area contributed by atoms with Crippen LogP contribution in [0.15, 0.2) is 0 Å². The summed E-state index contributed by atoms with van der Waals surface area (Å²) in [7, 11) is -9.91. The van der Waals surface area contributed by atoms with Gasteiger partial charge in [-0.05, 0) is 37.5 Å². The van der Waals surface area contributed by atoms with Gasteiger partial charge in [0.25, 0.3) is 0 Å². The van der Waals surface area contributed by atoms with Crippen LogP contribution in [0.4, 0.5) is 0 Å². The first-order valence-electron chi connectivity index (χ1n) is 40.5. The van der Waals surface area contributed by atoms with Crippen molar-refractivity contribution in [1.29, 1.82) is 0 Å². The minimum absolute atomic E-state index is 0.105. The summed E-state index contributed by atoms with van der Waals surface area (Å²) in [4.78, 5) is 72.8. The van der Waals surface area contributed by atoms with Crippen molar-refractivity contribution in [2.24, 2.45) is 11.8 Å². The van der Waals surface area contributed by atoms with Crippen LogP contribution in [0.5, 0.6) is 0 Å². The Morgan fingerprint density at radius 2 is 0.526 bits per heavy atom. The van der Waals surface area contributed by atoms with Gasteiger partial charge in [-0.1, -0.05) is 356 Å². The predicted octanol–water partition coefficient (Wildman–Crippen LogP) is 23.1. The average molecular weight is 1420 g/mol. The molecule has 576 valence electrons. The van der Waals surface area contributed by atoms with Gasteiger partial charge in [0.1, 0.15) is 19.3 Å². The molecule has 0 aromatic rings. The summed E-state index contributed by atoms with van der Waals surface area (Å²) < 4.78 is 68.5. The lowest BCUT2D eigenvalue weighted by molar-refractivity contribution is -0.161. The zero-order valence-corrected chi connectivity index (χ0v) is 65.2. The topological polar surface area (TPSA) is 237 Å². The fourth-order valence-corrected chi connectivity index (χ4v) is 13.6. The van der Waals surface area contributed by atoms with E-state index >= 15 is 0 Å². The van der Waals surface area contributed by atoms with Crippen LogP contribution in [0, 0.1) is 11.8 Å². The number of carbonyl (C=O) groups is 4. The number of esters is 4. The second kappa shape index (κ2) is 69.8. The van der Waals surface area contributed by atoms with E-state index in [1.54, 1.807) is 0 Å². The van der Waals surface area contributed by atoms with E-state index in [1.807, 2.05) is 0 Å². The van der Waals surface area contributed by atoms with Gasteiger partial charge >= 0.3 is 39.5 Å². The smallest absolute Gasteiger partial charge is 0.462 e. The normalized spacial score (nSPS) is 14.2. The summed E-state index contributed by atoms with van der Waals surface area (Å²) in [6.45, 7) is 9.64. The second-order valence-corrected chi connectivity index (χ2v) is 31.7. The van der Waals surface area contributed by atoms with Crippen LogP contribution < -0.4 is 0 Å². The molecule has 0 fully saturated rings. The Balaban J connectivity index is 5.18. The number of carbonyl (C=O) groups excluding carboxylic acids is 4. The summed E-state index contributed by atoms with van der Waals surface area (Å²) in [5.74, 6) is -0.507. The molecule has 0 spiro atoms. The highest BCUT2D eigenvalue weighted by molar-refractivity contribution is 7.47. The summed E-state index contributed by atoms with van der Waals surface area (Å²) >= 11 is 0. The van der Waals surface area contributed by atoms with Crippen LogP contribution in [0.25, 0.3) is 0 Å². The molecule has 0 bridgehead atoms. The van der Waals surface area contributed by atoms with Gasteiger partial charge in [0, 0.05) is 25.7 Å². The van der Waals surface area contributed by atoms with Gasteiger partial charge in [0.2, 0.25) is 0 Å². The van der Waals surface area contributed by atoms with Crippen molar-refractivity contribution in [3.05, 3.63) is 0 Å². The largest absolute Gasteiger partial charge is 0.472 e. The van der Waals surface area contributed by atoms with Crippen molar-refractivity contribution in [2.75, 3.05) is 39.6 Å². The fraction of sp³-hybridized carbons (Fsp3) is 0.949. The summed E-state index contributed by atoms with van der Waals surface area (Å²) in [5.41, 5.74) is 0. The van der Waals surface area contributed by atoms with E-state index in [0.717, 1.165) is 102 Å². The Morgan fingerprint density at radius 1 is 0.299 bits per heavy atom. The number of phosphoric ester groups is 2. The van der Waals surface area contributed by atoms with Crippen molar-refractivity contribution in [2.45, 2.75) is 426 Å². The Bertz CT molecular complexity index is 1870. The molecule has 0 aromatic heterocycles. The number of rotatable bonds is 77. The molecule has 0 rings (SSSR count). The quantitative estimate of drug-likeness (QED) is 0.0222. The highest BCUT2D eigenvalue weighted by Gasteiger charge is 2.30. The number of hydrogen-bond acceptors (Lipinski definition) is 15. The Kier molecular flexibility index (Phi) is 68.4. The van der Waals surface area contributed by atoms with Crippen LogP contribution in [-0.2, 0) is 65.4 Å². The van der Waals surface area contributed by atoms with Gasteiger partial charge in [0.15, 0.2) is 12.2 Å². The SMILES string of the molecule is CCCCCCCCCCCCCCCCC(=O)OC[C@H](COP(=O)(O)OC[C@@H](O)COP(=O)(O)OC[C@@H](COC(=O)CCCCCCCCCCC)OC(=O)CCCCCCCCCCCC(C)C)OC(=O)CCCCCCCCCCCCCCCCCCCCC(C)CC. The minimum Gasteiger partial charge on any atom is -0.462 e. The van der Waals surface area contributed by atoms with Crippen molar-refractivity contribution in [3.63, 3.8) is 0 Å². The molecule has 0 saturated carbocycles. The van der Waals surface area contributed by atoms with Gasteiger partial charge in [0.05, 0.1) is 26.4 Å². The molecule has 3 unspecified atom stereocenters. The maximum Gasteiger partial charge on any atom is 0.472 e. The monoisotopic (exact) mass is 1420 g/mol. The van der Waals surface area contributed by atoms with Crippen molar-refractivity contribution in [1.82, 2.24) is 0 Å². The molecule has 97 heavy (non-hydrogen) atoms. The molecule has 0 heterocycles. The third-order valence-electron chi connectivity index (χ3n) is 18.6. The molecule has 0 radical (unpaired) electrons. The third kappa shape index (κ3) is 70.9. The third-order valence-corrected chi connectivity index (χ3v) is 20.5. The summed E-state index contributed by atoms with van der Waals surface area (Å²) in [6.07, 6.45) is 58.3. The van der Waals surface area contributed by atoms with E-state index in [4.69, 9.17) is 37.0 Å². The molecule has 6 atom stereocenters. The molecule has 0 aliphatic carbocycles. The van der Waals surface area contributed by atoms with Gasteiger partial charge in [-0.2, -0.15) is 0 Å². The number of aliphatic hydroxyl groups excluding tert-OH is 1. The molecule has 0 saturated heterocycles. The number of phosphoric acid groups is 2. The molecule has 0 aliphatic heterocycles. The lowest BCUT2D eigenvalue weighted by Crippen LogP contribution is -2.30. The molecular weight excluding hydrogens is 1270 g/mol. The van der Waals surface area contributed by atoms with Gasteiger partial charge in [-0.3, -0.25) is 37.3 Å². The summed E-state index contributed by atoms with van der Waals surface area (Å²) in [5, 5.41) is 10.6. The van der Waals surface area contributed by atoms with Crippen molar-refractivity contribution in [3.8, 4) is 0 Å². The first-order chi connectivity index (χ1) is 46.9. The number of hydrogen-bond donors (Lipinski definition) is 3. The lowest BCUT2D eigenvalue weighted by atomic mass is 9.99. The highest BCUT2D eigenvalue weighted by Crippen LogP contribution is 2.45. The van der Waals surface area contributed by atoms with Crippen LogP contribution in [0.1, 0.15) is 408 Å². The number of unbranched alkanes of at least 4 members (excludes halogenated alkanes) is 46. The summed E-state index contributed by atoms with van der Waals surface area (Å²) in [6, 6.07) is 0. The van der Waals surface area contributed by atoms with Crippen molar-refractivity contribution >= 4 is 39.5 Å². The van der Waals surface area contributed by atoms with E-state index in [0.29, 0.717) is 25.7 Å². The number of aliphatic hydroxyl groups is 1. The number of ether oxygens (including phenoxy) is 4.